The second-order valence-electron chi connectivity index (χ2n) is 8.63. The molecule has 3 N–H and O–H groups in total. The number of amides is 2. The third kappa shape index (κ3) is 3.83. The SMILES string of the molecule is CCn1cc(NC(=O)[C@H]2[C@@H](C(=O)O)[C@H]3CC[C@H]2C3=C(C)C)c(C(=O)NCc2ccco2)n1. The van der Waals surface area contributed by atoms with Crippen LogP contribution in [0.25, 0.3) is 0 Å². The second-order valence-corrected chi connectivity index (χ2v) is 8.63. The Labute approximate surface area is 185 Å². The Hall–Kier alpha value is -3.36. The number of nitrogens with zero attached hydrogens (tertiary/aromatic N) is 2. The summed E-state index contributed by atoms with van der Waals surface area (Å²) in [4.78, 5) is 38.1. The number of hydrogen-bond acceptors (Lipinski definition) is 5. The highest BCUT2D eigenvalue weighted by atomic mass is 16.4. The number of fused-ring (bicyclic) bond motifs is 2. The van der Waals surface area contributed by atoms with E-state index in [1.807, 2.05) is 20.8 Å². The minimum atomic E-state index is -0.947. The van der Waals surface area contributed by atoms with Gasteiger partial charge in [-0.3, -0.25) is 19.1 Å². The summed E-state index contributed by atoms with van der Waals surface area (Å²) in [6.45, 7) is 6.54. The number of aryl methyl sites for hydroxylation is 1. The average molecular weight is 441 g/mol. The van der Waals surface area contributed by atoms with Gasteiger partial charge in [0.2, 0.25) is 5.91 Å². The molecule has 170 valence electrons. The Morgan fingerprint density at radius 2 is 1.94 bits per heavy atom. The molecule has 0 unspecified atom stereocenters. The summed E-state index contributed by atoms with van der Waals surface area (Å²) in [6, 6.07) is 3.48. The van der Waals surface area contributed by atoms with E-state index in [4.69, 9.17) is 4.42 Å². The number of allylic oxidation sites excluding steroid dienone is 2. The first-order chi connectivity index (χ1) is 15.3. The topological polar surface area (TPSA) is 126 Å². The van der Waals surface area contributed by atoms with Gasteiger partial charge >= 0.3 is 5.97 Å². The fourth-order valence-corrected chi connectivity index (χ4v) is 5.33. The maximum atomic E-state index is 13.3. The van der Waals surface area contributed by atoms with E-state index < -0.39 is 23.7 Å². The highest BCUT2D eigenvalue weighted by Crippen LogP contribution is 2.57. The van der Waals surface area contributed by atoms with Crippen LogP contribution in [0.1, 0.15) is 49.9 Å². The summed E-state index contributed by atoms with van der Waals surface area (Å²) in [7, 11) is 0. The van der Waals surface area contributed by atoms with Gasteiger partial charge in [0.05, 0.1) is 30.3 Å². The van der Waals surface area contributed by atoms with Gasteiger partial charge in [-0.2, -0.15) is 5.10 Å². The van der Waals surface area contributed by atoms with Crippen molar-refractivity contribution in [1.82, 2.24) is 15.1 Å². The zero-order valence-corrected chi connectivity index (χ0v) is 18.4. The van der Waals surface area contributed by atoms with Crippen molar-refractivity contribution in [2.24, 2.45) is 23.7 Å². The molecule has 4 atom stereocenters. The van der Waals surface area contributed by atoms with E-state index in [9.17, 15) is 19.5 Å². The van der Waals surface area contributed by atoms with Crippen molar-refractivity contribution in [3.8, 4) is 0 Å². The van der Waals surface area contributed by atoms with Crippen molar-refractivity contribution < 1.29 is 23.9 Å². The molecule has 2 aromatic heterocycles. The molecule has 0 aliphatic heterocycles. The van der Waals surface area contributed by atoms with Crippen LogP contribution in [0.3, 0.4) is 0 Å². The molecular weight excluding hydrogens is 412 g/mol. The van der Waals surface area contributed by atoms with Crippen molar-refractivity contribution >= 4 is 23.5 Å². The third-order valence-electron chi connectivity index (χ3n) is 6.57. The van der Waals surface area contributed by atoms with E-state index in [0.717, 1.165) is 24.0 Å². The van der Waals surface area contributed by atoms with Gasteiger partial charge in [-0.15, -0.1) is 0 Å². The van der Waals surface area contributed by atoms with Gasteiger partial charge in [-0.1, -0.05) is 11.1 Å². The van der Waals surface area contributed by atoms with E-state index in [2.05, 4.69) is 15.7 Å². The molecule has 2 saturated carbocycles. The number of nitrogens with one attached hydrogen (secondary N) is 2. The van der Waals surface area contributed by atoms with Crippen LogP contribution in [0.4, 0.5) is 5.69 Å². The second kappa shape index (κ2) is 8.64. The standard InChI is InChI=1S/C23H28N4O5/c1-4-27-11-16(20(26-27)22(29)24-10-13-6-5-9-32-13)25-21(28)18-14-7-8-15(17(14)12(2)3)19(18)23(30)31/h5-6,9,11,14-15,18-19H,4,7-8,10H2,1-3H3,(H,24,29)(H,25,28)(H,30,31)/t14-,15-,18+,19-/m0/s1. The first kappa shape index (κ1) is 21.9. The summed E-state index contributed by atoms with van der Waals surface area (Å²) in [6.07, 6.45) is 4.72. The fraction of sp³-hybridized carbons (Fsp3) is 0.478. The Bertz CT molecular complexity index is 1060. The number of carbonyl (C=O) groups is 3. The minimum absolute atomic E-state index is 0.0800. The number of furan rings is 1. The third-order valence-corrected chi connectivity index (χ3v) is 6.57. The van der Waals surface area contributed by atoms with Crippen LogP contribution in [0.5, 0.6) is 0 Å². The molecule has 2 aromatic rings. The molecule has 2 aliphatic carbocycles. The number of anilines is 1. The molecular formula is C23H28N4O5. The summed E-state index contributed by atoms with van der Waals surface area (Å²) in [5, 5.41) is 19.7. The van der Waals surface area contributed by atoms with Crippen molar-refractivity contribution in [3.05, 3.63) is 47.2 Å². The summed E-state index contributed by atoms with van der Waals surface area (Å²) < 4.78 is 6.79. The first-order valence-corrected chi connectivity index (χ1v) is 10.9. The van der Waals surface area contributed by atoms with Crippen LogP contribution in [-0.4, -0.2) is 32.7 Å². The molecule has 0 radical (unpaired) electrons. The van der Waals surface area contributed by atoms with Crippen LogP contribution < -0.4 is 10.6 Å². The molecule has 32 heavy (non-hydrogen) atoms. The highest BCUT2D eigenvalue weighted by Gasteiger charge is 2.57. The van der Waals surface area contributed by atoms with Crippen LogP contribution in [0, 0.1) is 23.7 Å². The molecule has 2 heterocycles. The Morgan fingerprint density at radius 3 is 2.53 bits per heavy atom. The zero-order valence-electron chi connectivity index (χ0n) is 18.4. The van der Waals surface area contributed by atoms with Gasteiger partial charge in [0.15, 0.2) is 5.69 Å². The Kier molecular flexibility index (Phi) is 5.90. The summed E-state index contributed by atoms with van der Waals surface area (Å²) >= 11 is 0. The van der Waals surface area contributed by atoms with Crippen molar-refractivity contribution in [1.29, 1.82) is 0 Å². The Morgan fingerprint density at radius 1 is 1.22 bits per heavy atom. The van der Waals surface area contributed by atoms with Crippen LogP contribution in [-0.2, 0) is 22.7 Å². The largest absolute Gasteiger partial charge is 0.481 e. The van der Waals surface area contributed by atoms with Gasteiger partial charge in [0.25, 0.3) is 5.91 Å². The maximum absolute atomic E-state index is 13.3. The highest BCUT2D eigenvalue weighted by molar-refractivity contribution is 6.03. The molecule has 9 heteroatoms. The van der Waals surface area contributed by atoms with Gasteiger partial charge < -0.3 is 20.2 Å². The normalized spacial score (nSPS) is 23.9. The predicted molar refractivity (Wildman–Crippen MR) is 116 cm³/mol. The molecule has 0 aromatic carbocycles. The molecule has 2 aliphatic rings. The van der Waals surface area contributed by atoms with Crippen molar-refractivity contribution in [2.75, 3.05) is 5.32 Å². The lowest BCUT2D eigenvalue weighted by atomic mass is 9.78. The molecule has 9 nitrogen and oxygen atoms in total. The number of rotatable bonds is 7. The van der Waals surface area contributed by atoms with Gasteiger partial charge in [-0.25, -0.2) is 0 Å². The molecule has 0 spiro atoms. The first-order valence-electron chi connectivity index (χ1n) is 10.9. The lowest BCUT2D eigenvalue weighted by molar-refractivity contribution is -0.148. The Balaban J connectivity index is 1.56. The quantitative estimate of drug-likeness (QED) is 0.568. The maximum Gasteiger partial charge on any atom is 0.307 e. The molecule has 2 amide bonds. The van der Waals surface area contributed by atoms with E-state index >= 15 is 0 Å². The predicted octanol–water partition coefficient (Wildman–Crippen LogP) is 3.06. The monoisotopic (exact) mass is 440 g/mol. The minimum Gasteiger partial charge on any atom is -0.481 e. The van der Waals surface area contributed by atoms with E-state index in [1.54, 1.807) is 23.0 Å². The van der Waals surface area contributed by atoms with Crippen LogP contribution in [0.15, 0.2) is 40.2 Å². The molecule has 2 fully saturated rings. The summed E-state index contributed by atoms with van der Waals surface area (Å²) in [5.74, 6) is -2.78. The number of carbonyl (C=O) groups excluding carboxylic acids is 2. The zero-order chi connectivity index (χ0) is 23.0. The number of aliphatic carboxylic acids is 1. The molecule has 2 bridgehead atoms. The van der Waals surface area contributed by atoms with Gasteiger partial charge in [-0.05, 0) is 57.6 Å². The molecule has 0 saturated heterocycles. The number of aromatic nitrogens is 2. The average Bonchev–Trinajstić information content (AvgIpc) is 3.53. The van der Waals surface area contributed by atoms with E-state index in [-0.39, 0.29) is 35.7 Å². The summed E-state index contributed by atoms with van der Waals surface area (Å²) in [5.41, 5.74) is 2.57. The lowest BCUT2D eigenvalue weighted by Crippen LogP contribution is -2.38. The van der Waals surface area contributed by atoms with Crippen LogP contribution >= 0.6 is 0 Å². The number of carboxylic acid groups (broad SMARTS) is 1. The van der Waals surface area contributed by atoms with Crippen molar-refractivity contribution in [2.45, 2.75) is 46.7 Å². The lowest BCUT2D eigenvalue weighted by Gasteiger charge is -2.26. The van der Waals surface area contributed by atoms with E-state index in [0.29, 0.717) is 12.3 Å². The van der Waals surface area contributed by atoms with Gasteiger partial charge in [0.1, 0.15) is 5.76 Å². The van der Waals surface area contributed by atoms with E-state index in [1.165, 1.54) is 6.26 Å². The fourth-order valence-electron chi connectivity index (χ4n) is 5.33. The smallest absolute Gasteiger partial charge is 0.307 e. The van der Waals surface area contributed by atoms with Crippen LogP contribution in [0.2, 0.25) is 0 Å². The van der Waals surface area contributed by atoms with Crippen molar-refractivity contribution in [3.63, 3.8) is 0 Å². The number of hydrogen-bond donors (Lipinski definition) is 3. The number of carboxylic acids is 1. The van der Waals surface area contributed by atoms with Gasteiger partial charge in [0, 0.05) is 12.7 Å². The molecule has 4 rings (SSSR count).